The lowest BCUT2D eigenvalue weighted by Crippen LogP contribution is -2.20. The summed E-state index contributed by atoms with van der Waals surface area (Å²) in [6.07, 6.45) is 0. The van der Waals surface area contributed by atoms with Crippen molar-refractivity contribution in [2.75, 3.05) is 7.11 Å². The van der Waals surface area contributed by atoms with E-state index in [-0.39, 0.29) is 17.2 Å². The van der Waals surface area contributed by atoms with Gasteiger partial charge in [0.2, 0.25) is 0 Å². The minimum Gasteiger partial charge on any atom is -0.497 e. The molecule has 20 heavy (non-hydrogen) atoms. The summed E-state index contributed by atoms with van der Waals surface area (Å²) in [5.41, 5.74) is 6.87. The molecule has 2 rings (SSSR count). The lowest BCUT2D eigenvalue weighted by molar-refractivity contribution is 0.402. The fourth-order valence-electron chi connectivity index (χ4n) is 2.21. The molecule has 4 heteroatoms. The first-order valence-corrected chi connectivity index (χ1v) is 6.38. The minimum atomic E-state index is -0.761. The van der Waals surface area contributed by atoms with E-state index in [9.17, 15) is 8.78 Å². The highest BCUT2D eigenvalue weighted by atomic mass is 19.1. The summed E-state index contributed by atoms with van der Waals surface area (Å²) in [5.74, 6) is -1.42. The van der Waals surface area contributed by atoms with Crippen LogP contribution in [0.5, 0.6) is 5.75 Å². The highest BCUT2D eigenvalue weighted by molar-refractivity contribution is 5.34. The van der Waals surface area contributed by atoms with E-state index in [4.69, 9.17) is 10.5 Å². The maximum Gasteiger partial charge on any atom is 0.134 e. The van der Waals surface area contributed by atoms with Crippen LogP contribution < -0.4 is 10.5 Å². The molecule has 0 fully saturated rings. The van der Waals surface area contributed by atoms with Crippen molar-refractivity contribution < 1.29 is 13.5 Å². The van der Waals surface area contributed by atoms with Gasteiger partial charge in [0, 0.05) is 29.7 Å². The molecule has 0 saturated heterocycles. The smallest absolute Gasteiger partial charge is 0.134 e. The standard InChI is InChI=1S/C16H17F2NO/c1-10(11-6-4-3-5-7-11)16(19)15-13(17)8-12(20-2)9-14(15)18/h3-10,16H,19H2,1-2H3. The first-order chi connectivity index (χ1) is 9.54. The van der Waals surface area contributed by atoms with Gasteiger partial charge in [-0.3, -0.25) is 0 Å². The van der Waals surface area contributed by atoms with Crippen molar-refractivity contribution in [2.24, 2.45) is 5.73 Å². The maximum atomic E-state index is 14.0. The molecule has 0 saturated carbocycles. The van der Waals surface area contributed by atoms with Crippen LogP contribution >= 0.6 is 0 Å². The molecule has 2 nitrogen and oxygen atoms in total. The topological polar surface area (TPSA) is 35.2 Å². The first-order valence-electron chi connectivity index (χ1n) is 6.38. The van der Waals surface area contributed by atoms with Crippen LogP contribution in [0.1, 0.15) is 30.0 Å². The van der Waals surface area contributed by atoms with Crippen molar-refractivity contribution in [2.45, 2.75) is 18.9 Å². The molecule has 106 valence electrons. The lowest BCUT2D eigenvalue weighted by atomic mass is 9.88. The highest BCUT2D eigenvalue weighted by Gasteiger charge is 2.24. The Bertz CT molecular complexity index is 563. The molecule has 0 aliphatic carbocycles. The number of ether oxygens (including phenoxy) is 1. The number of nitrogens with two attached hydrogens (primary N) is 1. The Labute approximate surface area is 117 Å². The second-order valence-corrected chi connectivity index (χ2v) is 4.73. The predicted octanol–water partition coefficient (Wildman–Crippen LogP) is 3.78. The first kappa shape index (κ1) is 14.5. The molecule has 0 amide bonds. The second-order valence-electron chi connectivity index (χ2n) is 4.73. The fourth-order valence-corrected chi connectivity index (χ4v) is 2.21. The normalized spacial score (nSPS) is 13.8. The molecular weight excluding hydrogens is 260 g/mol. The molecular formula is C16H17F2NO. The Hall–Kier alpha value is -1.94. The van der Waals surface area contributed by atoms with E-state index in [1.54, 1.807) is 0 Å². The quantitative estimate of drug-likeness (QED) is 0.923. The molecule has 2 atom stereocenters. The van der Waals surface area contributed by atoms with Crippen LogP contribution in [0.15, 0.2) is 42.5 Å². The van der Waals surface area contributed by atoms with Crippen LogP contribution in [0.4, 0.5) is 8.78 Å². The van der Waals surface area contributed by atoms with Crippen LogP contribution in [0.2, 0.25) is 0 Å². The van der Waals surface area contributed by atoms with E-state index in [1.165, 1.54) is 7.11 Å². The van der Waals surface area contributed by atoms with E-state index in [1.807, 2.05) is 37.3 Å². The van der Waals surface area contributed by atoms with Gasteiger partial charge in [0.25, 0.3) is 0 Å². The molecule has 0 aromatic heterocycles. The zero-order valence-electron chi connectivity index (χ0n) is 11.4. The number of methoxy groups -OCH3 is 1. The lowest BCUT2D eigenvalue weighted by Gasteiger charge is -2.22. The van der Waals surface area contributed by atoms with E-state index in [0.717, 1.165) is 17.7 Å². The van der Waals surface area contributed by atoms with E-state index in [0.29, 0.717) is 0 Å². The summed E-state index contributed by atoms with van der Waals surface area (Å²) in [6.45, 7) is 1.85. The van der Waals surface area contributed by atoms with E-state index in [2.05, 4.69) is 0 Å². The zero-order chi connectivity index (χ0) is 14.7. The van der Waals surface area contributed by atoms with Gasteiger partial charge in [-0.1, -0.05) is 37.3 Å². The van der Waals surface area contributed by atoms with Crippen molar-refractivity contribution >= 4 is 0 Å². The molecule has 0 spiro atoms. The van der Waals surface area contributed by atoms with E-state index >= 15 is 0 Å². The monoisotopic (exact) mass is 277 g/mol. The molecule has 2 aromatic carbocycles. The van der Waals surface area contributed by atoms with Gasteiger partial charge in [0.05, 0.1) is 7.11 Å². The van der Waals surface area contributed by atoms with Gasteiger partial charge in [-0.15, -0.1) is 0 Å². The summed E-state index contributed by atoms with van der Waals surface area (Å²) in [4.78, 5) is 0. The molecule has 2 aromatic rings. The third-order valence-electron chi connectivity index (χ3n) is 3.49. The number of halogens is 2. The van der Waals surface area contributed by atoms with Gasteiger partial charge in [-0.25, -0.2) is 8.78 Å². The van der Waals surface area contributed by atoms with Crippen molar-refractivity contribution in [3.05, 3.63) is 65.2 Å². The van der Waals surface area contributed by atoms with Crippen molar-refractivity contribution in [1.29, 1.82) is 0 Å². The number of rotatable bonds is 4. The maximum absolute atomic E-state index is 14.0. The van der Waals surface area contributed by atoms with Gasteiger partial charge in [0.15, 0.2) is 0 Å². The van der Waals surface area contributed by atoms with Crippen LogP contribution in [0, 0.1) is 11.6 Å². The number of hydrogen-bond acceptors (Lipinski definition) is 2. The molecule has 0 aliphatic rings. The third kappa shape index (κ3) is 2.80. The van der Waals surface area contributed by atoms with Gasteiger partial charge in [-0.2, -0.15) is 0 Å². The predicted molar refractivity (Wildman–Crippen MR) is 74.7 cm³/mol. The Morgan fingerprint density at radius 2 is 1.60 bits per heavy atom. The van der Waals surface area contributed by atoms with Crippen LogP contribution in [-0.2, 0) is 0 Å². The summed E-state index contributed by atoms with van der Waals surface area (Å²) >= 11 is 0. The van der Waals surface area contributed by atoms with Crippen LogP contribution in [-0.4, -0.2) is 7.11 Å². The van der Waals surface area contributed by atoms with Crippen LogP contribution in [0.25, 0.3) is 0 Å². The van der Waals surface area contributed by atoms with Crippen molar-refractivity contribution in [3.8, 4) is 5.75 Å². The molecule has 0 aliphatic heterocycles. The van der Waals surface area contributed by atoms with Crippen LogP contribution in [0.3, 0.4) is 0 Å². The fraction of sp³-hybridized carbons (Fsp3) is 0.250. The van der Waals surface area contributed by atoms with Crippen molar-refractivity contribution in [1.82, 2.24) is 0 Å². The third-order valence-corrected chi connectivity index (χ3v) is 3.49. The molecule has 2 unspecified atom stereocenters. The average molecular weight is 277 g/mol. The highest BCUT2D eigenvalue weighted by Crippen LogP contribution is 2.33. The van der Waals surface area contributed by atoms with Gasteiger partial charge < -0.3 is 10.5 Å². The van der Waals surface area contributed by atoms with Gasteiger partial charge in [-0.05, 0) is 5.56 Å². The van der Waals surface area contributed by atoms with Gasteiger partial charge in [0.1, 0.15) is 17.4 Å². The molecule has 0 heterocycles. The number of benzene rings is 2. The summed E-state index contributed by atoms with van der Waals surface area (Å²) in [5, 5.41) is 0. The largest absolute Gasteiger partial charge is 0.497 e. The average Bonchev–Trinajstić information content (AvgIpc) is 2.46. The summed E-state index contributed by atoms with van der Waals surface area (Å²) in [6, 6.07) is 11.0. The zero-order valence-corrected chi connectivity index (χ0v) is 11.4. The Morgan fingerprint density at radius 1 is 1.05 bits per heavy atom. The second kappa shape index (κ2) is 6.01. The Kier molecular flexibility index (Phi) is 4.35. The van der Waals surface area contributed by atoms with Crippen molar-refractivity contribution in [3.63, 3.8) is 0 Å². The molecule has 0 bridgehead atoms. The molecule has 0 radical (unpaired) electrons. The van der Waals surface area contributed by atoms with E-state index < -0.39 is 17.7 Å². The Morgan fingerprint density at radius 3 is 2.10 bits per heavy atom. The minimum absolute atomic E-state index is 0.109. The summed E-state index contributed by atoms with van der Waals surface area (Å²) < 4.78 is 32.9. The van der Waals surface area contributed by atoms with Gasteiger partial charge >= 0.3 is 0 Å². The SMILES string of the molecule is COc1cc(F)c(C(N)C(C)c2ccccc2)c(F)c1. The molecule has 2 N–H and O–H groups in total. The Balaban J connectivity index is 2.36. The summed E-state index contributed by atoms with van der Waals surface area (Å²) in [7, 11) is 1.36. The number of hydrogen-bond donors (Lipinski definition) is 1.